The average Bonchev–Trinajstić information content (AvgIpc) is 3.28. The van der Waals surface area contributed by atoms with Crippen LogP contribution in [-0.4, -0.2) is 136 Å². The standard InChI is InChI=1S/C45H74N10O13/c1-10-23(6)35(41(63)49-21-33(60)51-38(26(9)56)45(67)68)54-43(65)34(22(4)5)52-40(62)30(19-27-13-15-28(57)16-14-27)50-32(59)20-48-42(64)36(24(7)11-2)55-44(66)37(25(8)12-3)53-39(61)29(46)17-18-31(47)58/h13-16,22-26,29-30,34-38,56-57H,10-12,17-21,46H2,1-9H3,(H2,47,58)(H,48,64)(H,49,63)(H,50,59)(H,51,60)(H,52,62)(H,53,61)(H,54,65)(H,55,66)(H,67,68)/t23-,24-,25-,26+,29-,30-,34-,35-,36-,37-,38-/m0/s1. The van der Waals surface area contributed by atoms with Crippen molar-refractivity contribution in [1.82, 2.24) is 42.5 Å². The first-order valence-electron chi connectivity index (χ1n) is 22.9. The Morgan fingerprint density at radius 1 is 0.559 bits per heavy atom. The average molecular weight is 963 g/mol. The summed E-state index contributed by atoms with van der Waals surface area (Å²) < 4.78 is 0. The fourth-order valence-corrected chi connectivity index (χ4v) is 6.56. The Morgan fingerprint density at radius 3 is 1.38 bits per heavy atom. The lowest BCUT2D eigenvalue weighted by atomic mass is 9.94. The molecule has 0 aliphatic rings. The summed E-state index contributed by atoms with van der Waals surface area (Å²) >= 11 is 0. The van der Waals surface area contributed by atoms with E-state index in [1.807, 2.05) is 0 Å². The minimum atomic E-state index is -1.63. The van der Waals surface area contributed by atoms with Crippen molar-refractivity contribution >= 4 is 59.1 Å². The van der Waals surface area contributed by atoms with Gasteiger partial charge in [-0.05, 0) is 54.7 Å². The van der Waals surface area contributed by atoms with Gasteiger partial charge in [0, 0.05) is 12.8 Å². The van der Waals surface area contributed by atoms with Crippen LogP contribution in [0.3, 0.4) is 0 Å². The van der Waals surface area contributed by atoms with Crippen LogP contribution < -0.4 is 54.0 Å². The van der Waals surface area contributed by atoms with Crippen molar-refractivity contribution in [3.05, 3.63) is 29.8 Å². The maximum atomic E-state index is 14.0. The molecule has 0 aliphatic carbocycles. The van der Waals surface area contributed by atoms with Gasteiger partial charge in [-0.3, -0.25) is 43.2 Å². The summed E-state index contributed by atoms with van der Waals surface area (Å²) in [6.07, 6.45) is -0.494. The molecule has 23 heteroatoms. The van der Waals surface area contributed by atoms with Crippen LogP contribution in [0.25, 0.3) is 0 Å². The highest BCUT2D eigenvalue weighted by molar-refractivity contribution is 5.97. The molecule has 68 heavy (non-hydrogen) atoms. The second-order valence-electron chi connectivity index (χ2n) is 17.5. The highest BCUT2D eigenvalue weighted by atomic mass is 16.4. The van der Waals surface area contributed by atoms with Gasteiger partial charge in [-0.25, -0.2) is 4.79 Å². The molecule has 0 aromatic heterocycles. The number of nitrogens with one attached hydrogen (secondary N) is 8. The van der Waals surface area contributed by atoms with Crippen LogP contribution in [-0.2, 0) is 54.4 Å². The van der Waals surface area contributed by atoms with E-state index in [0.717, 1.165) is 0 Å². The summed E-state index contributed by atoms with van der Waals surface area (Å²) in [4.78, 5) is 130. The van der Waals surface area contributed by atoms with Gasteiger partial charge < -0.3 is 69.3 Å². The van der Waals surface area contributed by atoms with E-state index in [2.05, 4.69) is 42.5 Å². The number of amides is 9. The molecular weight excluding hydrogens is 889 g/mol. The van der Waals surface area contributed by atoms with Gasteiger partial charge in [0.05, 0.1) is 25.2 Å². The van der Waals surface area contributed by atoms with Crippen LogP contribution in [0.15, 0.2) is 24.3 Å². The van der Waals surface area contributed by atoms with Gasteiger partial charge in [-0.2, -0.15) is 0 Å². The van der Waals surface area contributed by atoms with Crippen molar-refractivity contribution in [3.63, 3.8) is 0 Å². The fourth-order valence-electron chi connectivity index (χ4n) is 6.56. The second-order valence-corrected chi connectivity index (χ2v) is 17.5. The molecule has 0 unspecified atom stereocenters. The van der Waals surface area contributed by atoms with E-state index >= 15 is 0 Å². The normalized spacial score (nSPS) is 16.0. The van der Waals surface area contributed by atoms with E-state index < -0.39 is 144 Å². The van der Waals surface area contributed by atoms with E-state index in [1.54, 1.807) is 55.4 Å². The molecule has 382 valence electrons. The topological polar surface area (TPSA) is 380 Å². The number of hydrogen-bond acceptors (Lipinski definition) is 13. The third kappa shape index (κ3) is 20.2. The smallest absolute Gasteiger partial charge is 0.328 e. The number of rotatable bonds is 30. The number of aliphatic hydroxyl groups is 1. The Morgan fingerprint density at radius 2 is 0.971 bits per heavy atom. The molecule has 1 rings (SSSR count). The zero-order chi connectivity index (χ0) is 52.0. The number of carboxylic acids is 1. The maximum Gasteiger partial charge on any atom is 0.328 e. The molecule has 0 bridgehead atoms. The molecule has 1 aromatic carbocycles. The van der Waals surface area contributed by atoms with Gasteiger partial charge in [-0.15, -0.1) is 0 Å². The lowest BCUT2D eigenvalue weighted by Gasteiger charge is -2.30. The molecule has 0 spiro atoms. The van der Waals surface area contributed by atoms with Crippen molar-refractivity contribution in [3.8, 4) is 5.75 Å². The van der Waals surface area contributed by atoms with Crippen molar-refractivity contribution in [2.75, 3.05) is 13.1 Å². The minimum Gasteiger partial charge on any atom is -0.508 e. The number of carboxylic acid groups (broad SMARTS) is 1. The van der Waals surface area contributed by atoms with Gasteiger partial charge in [0.25, 0.3) is 0 Å². The van der Waals surface area contributed by atoms with Crippen LogP contribution in [0.5, 0.6) is 5.75 Å². The van der Waals surface area contributed by atoms with Crippen molar-refractivity contribution in [1.29, 1.82) is 0 Å². The first-order valence-corrected chi connectivity index (χ1v) is 22.9. The van der Waals surface area contributed by atoms with Crippen LogP contribution in [0, 0.1) is 23.7 Å². The Balaban J connectivity index is 3.27. The Labute approximate surface area is 397 Å². The molecule has 0 aliphatic heterocycles. The molecular formula is C45H74N10O13. The molecule has 15 N–H and O–H groups in total. The van der Waals surface area contributed by atoms with E-state index in [0.29, 0.717) is 24.8 Å². The molecule has 0 saturated carbocycles. The van der Waals surface area contributed by atoms with Crippen LogP contribution in [0.1, 0.15) is 100.0 Å². The summed E-state index contributed by atoms with van der Waals surface area (Å²) in [6.45, 7) is 13.5. The number of benzene rings is 1. The highest BCUT2D eigenvalue weighted by Crippen LogP contribution is 2.15. The van der Waals surface area contributed by atoms with Crippen molar-refractivity contribution in [2.24, 2.45) is 35.1 Å². The predicted molar refractivity (Wildman–Crippen MR) is 248 cm³/mol. The molecule has 23 nitrogen and oxygen atoms in total. The first kappa shape index (κ1) is 59.7. The van der Waals surface area contributed by atoms with Crippen molar-refractivity contribution < 1.29 is 63.3 Å². The number of aliphatic carboxylic acids is 1. The number of phenolic OH excluding ortho intramolecular Hbond substituents is 1. The number of aliphatic hydroxyl groups excluding tert-OH is 1. The van der Waals surface area contributed by atoms with E-state index in [1.165, 1.54) is 31.2 Å². The van der Waals surface area contributed by atoms with Gasteiger partial charge in [0.2, 0.25) is 53.2 Å². The zero-order valence-corrected chi connectivity index (χ0v) is 40.5. The number of nitrogens with two attached hydrogens (primary N) is 2. The summed E-state index contributed by atoms with van der Waals surface area (Å²) in [7, 11) is 0. The Bertz CT molecular complexity index is 1900. The molecule has 9 amide bonds. The van der Waals surface area contributed by atoms with E-state index in [-0.39, 0.29) is 25.0 Å². The second kappa shape index (κ2) is 29.4. The van der Waals surface area contributed by atoms with E-state index in [4.69, 9.17) is 11.5 Å². The summed E-state index contributed by atoms with van der Waals surface area (Å²) in [5.74, 6) is -10.4. The van der Waals surface area contributed by atoms with Gasteiger partial charge in [0.1, 0.15) is 36.0 Å². The Kier molecular flexibility index (Phi) is 25.8. The SMILES string of the molecule is CC[C@H](C)[C@H](NC(=O)[C@@H](NC(=O)[C@H](Cc1ccc(O)cc1)NC(=O)CNC(=O)[C@@H](NC(=O)[C@@H](NC(=O)[C@@H](N)CCC(N)=O)[C@@H](C)CC)[C@@H](C)CC)C(C)C)C(=O)NCC(=O)N[C@H](C(=O)O)[C@@H](C)O. The summed E-state index contributed by atoms with van der Waals surface area (Å²) in [6, 6.07) is -3.13. The van der Waals surface area contributed by atoms with Crippen LogP contribution in [0.4, 0.5) is 0 Å². The molecule has 0 saturated heterocycles. The molecule has 0 heterocycles. The highest BCUT2D eigenvalue weighted by Gasteiger charge is 2.36. The van der Waals surface area contributed by atoms with Gasteiger partial charge >= 0.3 is 5.97 Å². The number of carbonyl (C=O) groups excluding carboxylic acids is 9. The summed E-state index contributed by atoms with van der Waals surface area (Å²) in [5.41, 5.74) is 11.6. The number of phenols is 1. The molecule has 1 aromatic rings. The minimum absolute atomic E-state index is 0.0435. The van der Waals surface area contributed by atoms with Gasteiger partial charge in [0.15, 0.2) is 6.04 Å². The number of carbonyl (C=O) groups is 10. The summed E-state index contributed by atoms with van der Waals surface area (Å²) in [5, 5.41) is 48.9. The third-order valence-electron chi connectivity index (χ3n) is 11.6. The lowest BCUT2D eigenvalue weighted by Crippen LogP contribution is -2.60. The predicted octanol–water partition coefficient (Wildman–Crippen LogP) is -2.07. The Hall–Kier alpha value is -6.36. The van der Waals surface area contributed by atoms with Gasteiger partial charge in [-0.1, -0.05) is 86.8 Å². The largest absolute Gasteiger partial charge is 0.508 e. The maximum absolute atomic E-state index is 14.0. The number of hydrogen-bond donors (Lipinski definition) is 13. The monoisotopic (exact) mass is 963 g/mol. The van der Waals surface area contributed by atoms with Crippen LogP contribution >= 0.6 is 0 Å². The molecule has 0 radical (unpaired) electrons. The lowest BCUT2D eigenvalue weighted by molar-refractivity contribution is -0.144. The third-order valence-corrected chi connectivity index (χ3v) is 11.6. The number of aromatic hydroxyl groups is 1. The van der Waals surface area contributed by atoms with Crippen LogP contribution in [0.2, 0.25) is 0 Å². The fraction of sp³-hybridized carbons (Fsp3) is 0.644. The number of primary amides is 1. The molecule has 11 atom stereocenters. The molecule has 0 fully saturated rings. The first-order chi connectivity index (χ1) is 31.8. The zero-order valence-electron chi connectivity index (χ0n) is 40.5. The van der Waals surface area contributed by atoms with Crippen molar-refractivity contribution in [2.45, 2.75) is 149 Å². The van der Waals surface area contributed by atoms with E-state index in [9.17, 15) is 63.3 Å². The quantitative estimate of drug-likeness (QED) is 0.0394.